The van der Waals surface area contributed by atoms with E-state index in [-0.39, 0.29) is 23.1 Å². The minimum Gasteiger partial charge on any atom is -0.466 e. The molecule has 4 heteroatoms. The lowest BCUT2D eigenvalue weighted by molar-refractivity contribution is 0.332. The van der Waals surface area contributed by atoms with Gasteiger partial charge in [-0.25, -0.2) is 0 Å². The van der Waals surface area contributed by atoms with Gasteiger partial charge in [-0.05, 0) is 134 Å². The summed E-state index contributed by atoms with van der Waals surface area (Å²) in [6.07, 6.45) is 5.66. The fraction of sp³-hybridized carbons (Fsp3) is 0.238. The number of fused-ring (bicyclic) bond motifs is 16. The van der Waals surface area contributed by atoms with E-state index < -0.39 is 0 Å². The van der Waals surface area contributed by atoms with Crippen LogP contribution < -0.4 is 16.0 Å². The normalized spacial score (nSPS) is 16.6. The van der Waals surface area contributed by atoms with Crippen LogP contribution in [-0.2, 0) is 22.7 Å². The van der Waals surface area contributed by atoms with E-state index in [1.54, 1.807) is 0 Å². The smallest absolute Gasteiger partial charge is 0.376 e. The summed E-state index contributed by atoms with van der Waals surface area (Å²) in [6.45, 7) is 16.7. The number of nitrogens with zero attached hydrogens (tertiary/aromatic N) is 2. The zero-order chi connectivity index (χ0) is 45.3. The van der Waals surface area contributed by atoms with Crippen LogP contribution >= 0.6 is 0 Å². The Morgan fingerprint density at radius 1 is 0.582 bits per heavy atom. The van der Waals surface area contributed by atoms with Gasteiger partial charge in [-0.15, -0.1) is 0 Å². The van der Waals surface area contributed by atoms with Crippen LogP contribution in [0.4, 0.5) is 17.1 Å². The Morgan fingerprint density at radius 3 is 2.13 bits per heavy atom. The second-order valence-electron chi connectivity index (χ2n) is 22.1. The Morgan fingerprint density at radius 2 is 1.31 bits per heavy atom. The lowest BCUT2D eigenvalue weighted by atomic mass is 9.47. The lowest BCUT2D eigenvalue weighted by Crippen LogP contribution is -2.56. The fourth-order valence-electron chi connectivity index (χ4n) is 13.4. The number of hydrogen-bond acceptors (Lipinski definition) is 2. The van der Waals surface area contributed by atoms with Crippen molar-refractivity contribution in [1.82, 2.24) is 4.48 Å². The van der Waals surface area contributed by atoms with Crippen molar-refractivity contribution < 1.29 is 4.42 Å². The molecule has 2 aromatic heterocycles. The van der Waals surface area contributed by atoms with Crippen molar-refractivity contribution in [2.75, 3.05) is 4.90 Å². The van der Waals surface area contributed by atoms with E-state index in [0.717, 1.165) is 43.3 Å². The first-order chi connectivity index (χ1) is 32.5. The van der Waals surface area contributed by atoms with Crippen LogP contribution in [0.3, 0.4) is 0 Å². The molecule has 2 aliphatic heterocycles. The van der Waals surface area contributed by atoms with Crippen molar-refractivity contribution >= 4 is 78.6 Å². The Balaban J connectivity index is 1.21. The molecular weight excluding hydrogens is 812 g/mol. The Kier molecular flexibility index (Phi) is 7.90. The molecule has 0 spiro atoms. The minimum atomic E-state index is -0.230. The summed E-state index contributed by atoms with van der Waals surface area (Å²) in [5.74, 6) is 0. The molecule has 0 saturated heterocycles. The summed E-state index contributed by atoms with van der Waals surface area (Å²) in [5, 5.41) is 6.36. The molecule has 0 N–H and O–H groups in total. The van der Waals surface area contributed by atoms with E-state index in [1.165, 1.54) is 122 Å². The topological polar surface area (TPSA) is 21.3 Å². The maximum Gasteiger partial charge on any atom is 0.376 e. The predicted molar refractivity (Wildman–Crippen MR) is 284 cm³/mol. The first-order valence-corrected chi connectivity index (χ1v) is 24.8. The highest BCUT2D eigenvalue weighted by molar-refractivity contribution is 6.90. The van der Waals surface area contributed by atoms with E-state index in [2.05, 4.69) is 203 Å². The van der Waals surface area contributed by atoms with E-state index in [0.29, 0.717) is 0 Å². The second kappa shape index (κ2) is 13.4. The van der Waals surface area contributed by atoms with Crippen molar-refractivity contribution in [2.45, 2.75) is 96.8 Å². The molecule has 3 nitrogen and oxygen atoms in total. The van der Waals surface area contributed by atoms with Crippen molar-refractivity contribution in [1.29, 1.82) is 0 Å². The van der Waals surface area contributed by atoms with Gasteiger partial charge >= 0.3 is 6.85 Å². The highest BCUT2D eigenvalue weighted by Gasteiger charge is 2.51. The van der Waals surface area contributed by atoms with Crippen molar-refractivity contribution in [3.05, 3.63) is 173 Å². The molecule has 0 unspecified atom stereocenters. The number of aryl methyl sites for hydroxylation is 1. The van der Waals surface area contributed by atoms with E-state index in [9.17, 15) is 0 Å². The van der Waals surface area contributed by atoms with Crippen LogP contribution in [0.1, 0.15) is 102 Å². The summed E-state index contributed by atoms with van der Waals surface area (Å²) in [6, 6.07) is 56.1. The standard InChI is InChI=1S/C63H55BN2O/c1-8-9-18-37-27-29-51(44(33-37)38-19-11-10-12-20-38)65-58-46-35-48-49(62(4,5)32-31-61(48,2)3)36-53(46)67-60(58)64-56-45(34-50-55(59(56)65)42-23-15-16-26-47(42)63(50,6)7)41-24-17-25-43-54-40-22-14-13-21-39(40)28-30-52(54)66(64)57(41)43/h10-17,19-30,33-36H,8-9,18,31-32H2,1-7H3. The third-order valence-electron chi connectivity index (χ3n) is 17.0. The highest BCUT2D eigenvalue weighted by Crippen LogP contribution is 2.59. The van der Waals surface area contributed by atoms with Crippen LogP contribution in [0, 0.1) is 0 Å². The molecule has 67 heavy (non-hydrogen) atoms. The van der Waals surface area contributed by atoms with E-state index >= 15 is 0 Å². The zero-order valence-electron chi connectivity index (χ0n) is 39.8. The van der Waals surface area contributed by atoms with Gasteiger partial charge in [0.2, 0.25) is 0 Å². The molecule has 0 saturated carbocycles. The van der Waals surface area contributed by atoms with Crippen molar-refractivity contribution in [2.24, 2.45) is 0 Å². The third kappa shape index (κ3) is 5.14. The Labute approximate surface area is 394 Å². The first-order valence-electron chi connectivity index (χ1n) is 24.8. The number of aromatic nitrogens is 1. The Bertz CT molecular complexity index is 3790. The number of anilines is 3. The van der Waals surface area contributed by atoms with Gasteiger partial charge in [-0.3, -0.25) is 0 Å². The summed E-state index contributed by atoms with van der Waals surface area (Å²) < 4.78 is 10.5. The van der Waals surface area contributed by atoms with Gasteiger partial charge in [-0.1, -0.05) is 164 Å². The number of benzene rings is 8. The van der Waals surface area contributed by atoms with Crippen LogP contribution in [0.2, 0.25) is 0 Å². The van der Waals surface area contributed by atoms with Crippen LogP contribution in [0.15, 0.2) is 150 Å². The molecule has 2 aliphatic carbocycles. The van der Waals surface area contributed by atoms with Crippen molar-refractivity contribution in [3.63, 3.8) is 0 Å². The average Bonchev–Trinajstić information content (AvgIpc) is 3.97. The molecule has 8 aromatic carbocycles. The maximum atomic E-state index is 7.76. The number of para-hydroxylation sites is 1. The largest absolute Gasteiger partial charge is 0.466 e. The Hall–Kier alpha value is -6.78. The SMILES string of the molecule is CCCCc1ccc(N2c3c4c(cc5c3-c3ccccc3C5(C)C)-c3cccc5c6c7ccccc7ccc6n(c35)B4c3oc4cc5c(cc4c32)C(C)(C)CCC5(C)C)c(-c2ccccc2)c1. The van der Waals surface area contributed by atoms with Crippen molar-refractivity contribution in [3.8, 4) is 33.4 Å². The summed E-state index contributed by atoms with van der Waals surface area (Å²) in [5.41, 5.74) is 24.1. The fourth-order valence-corrected chi connectivity index (χ4v) is 13.4. The van der Waals surface area contributed by atoms with Gasteiger partial charge in [0.25, 0.3) is 0 Å². The number of hydrogen-bond donors (Lipinski definition) is 0. The molecule has 0 amide bonds. The molecule has 0 atom stereocenters. The summed E-state index contributed by atoms with van der Waals surface area (Å²) in [7, 11) is 0. The second-order valence-corrected chi connectivity index (χ2v) is 22.1. The number of furan rings is 1. The molecule has 0 bridgehead atoms. The molecular formula is C63H55BN2O. The molecule has 10 aromatic rings. The average molecular weight is 867 g/mol. The quantitative estimate of drug-likeness (QED) is 0.161. The van der Waals surface area contributed by atoms with E-state index in [4.69, 9.17) is 4.42 Å². The molecule has 14 rings (SSSR count). The summed E-state index contributed by atoms with van der Waals surface area (Å²) in [4.78, 5) is 2.71. The predicted octanol–water partition coefficient (Wildman–Crippen LogP) is 15.8. The van der Waals surface area contributed by atoms with Gasteiger partial charge in [0.15, 0.2) is 0 Å². The number of rotatable bonds is 5. The number of unbranched alkanes of at least 4 members (excludes halogenated alkanes) is 1. The molecule has 326 valence electrons. The highest BCUT2D eigenvalue weighted by atomic mass is 16.3. The zero-order valence-corrected chi connectivity index (χ0v) is 39.8. The summed E-state index contributed by atoms with van der Waals surface area (Å²) >= 11 is 0. The van der Waals surface area contributed by atoms with Crippen LogP contribution in [0.5, 0.6) is 0 Å². The molecule has 0 fully saturated rings. The van der Waals surface area contributed by atoms with Gasteiger partial charge in [0.1, 0.15) is 11.2 Å². The van der Waals surface area contributed by atoms with Gasteiger partial charge in [0, 0.05) is 49.3 Å². The van der Waals surface area contributed by atoms with Crippen LogP contribution in [-0.4, -0.2) is 11.3 Å². The lowest BCUT2D eigenvalue weighted by Gasteiger charge is -2.42. The first kappa shape index (κ1) is 39.4. The van der Waals surface area contributed by atoms with Gasteiger partial charge in [-0.2, -0.15) is 0 Å². The maximum absolute atomic E-state index is 7.76. The van der Waals surface area contributed by atoms with Gasteiger partial charge < -0.3 is 13.8 Å². The molecule has 0 radical (unpaired) electrons. The minimum absolute atomic E-state index is 0.0156. The monoisotopic (exact) mass is 866 g/mol. The molecule has 4 heterocycles. The van der Waals surface area contributed by atoms with E-state index in [1.807, 2.05) is 0 Å². The van der Waals surface area contributed by atoms with Gasteiger partial charge in [0.05, 0.1) is 17.1 Å². The third-order valence-corrected chi connectivity index (χ3v) is 17.0. The van der Waals surface area contributed by atoms with Crippen LogP contribution in [0.25, 0.3) is 76.9 Å². The molecule has 4 aliphatic rings.